The van der Waals surface area contributed by atoms with Crippen LogP contribution in [0.2, 0.25) is 0 Å². The molecular weight excluding hydrogens is 399 g/mol. The fraction of sp³-hybridized carbons (Fsp3) is 0.300. The molecule has 1 aliphatic heterocycles. The number of likely N-dealkylation sites (N-methyl/N-ethyl adjacent to an activating group) is 1. The zero-order valence-electron chi connectivity index (χ0n) is 15.7. The lowest BCUT2D eigenvalue weighted by Gasteiger charge is -2.26. The monoisotopic (exact) mass is 424 g/mol. The fourth-order valence-electron chi connectivity index (χ4n) is 3.21. The SMILES string of the molecule is CN(c1ccc(/C=C/C(=O)NO)cn1)C1CCN(Cc2ccccc2)C1.Cl.Cl. The summed E-state index contributed by atoms with van der Waals surface area (Å²) in [7, 11) is 2.08. The van der Waals surface area contributed by atoms with Gasteiger partial charge in [-0.2, -0.15) is 0 Å². The standard InChI is InChI=1S/C20H24N4O2.2ClH/c1-23(19-9-7-16(13-21-19)8-10-20(25)22-26)18-11-12-24(15-18)14-17-5-3-2-4-6-17;;/h2-10,13,18,26H,11-12,14-15H2,1H3,(H,22,25);2*1H/b10-8+;;. The average molecular weight is 425 g/mol. The second-order valence-electron chi connectivity index (χ2n) is 6.53. The highest BCUT2D eigenvalue weighted by molar-refractivity contribution is 5.90. The number of aromatic nitrogens is 1. The molecule has 2 N–H and O–H groups in total. The number of rotatable bonds is 6. The molecule has 1 aliphatic rings. The van der Waals surface area contributed by atoms with E-state index in [1.807, 2.05) is 18.2 Å². The van der Waals surface area contributed by atoms with Gasteiger partial charge in [0.05, 0.1) is 0 Å². The maximum absolute atomic E-state index is 11.0. The summed E-state index contributed by atoms with van der Waals surface area (Å²) in [6, 6.07) is 14.9. The Morgan fingerprint density at radius 1 is 1.29 bits per heavy atom. The molecule has 3 rings (SSSR count). The summed E-state index contributed by atoms with van der Waals surface area (Å²) >= 11 is 0. The predicted molar refractivity (Wildman–Crippen MR) is 116 cm³/mol. The van der Waals surface area contributed by atoms with E-state index in [0.717, 1.165) is 37.4 Å². The zero-order chi connectivity index (χ0) is 18.4. The van der Waals surface area contributed by atoms with E-state index >= 15 is 0 Å². The largest absolute Gasteiger partial charge is 0.355 e. The molecular formula is C20H26Cl2N4O2. The highest BCUT2D eigenvalue weighted by Crippen LogP contribution is 2.21. The number of carbonyl (C=O) groups excluding carboxylic acids is 1. The fourth-order valence-corrected chi connectivity index (χ4v) is 3.21. The van der Waals surface area contributed by atoms with Crippen molar-refractivity contribution in [1.29, 1.82) is 0 Å². The van der Waals surface area contributed by atoms with Crippen LogP contribution >= 0.6 is 24.8 Å². The molecule has 1 aromatic heterocycles. The van der Waals surface area contributed by atoms with Crippen molar-refractivity contribution in [3.63, 3.8) is 0 Å². The molecule has 0 bridgehead atoms. The van der Waals surface area contributed by atoms with E-state index in [-0.39, 0.29) is 24.8 Å². The van der Waals surface area contributed by atoms with Gasteiger partial charge in [0.2, 0.25) is 0 Å². The lowest BCUT2D eigenvalue weighted by molar-refractivity contribution is -0.124. The summed E-state index contributed by atoms with van der Waals surface area (Å²) in [5, 5.41) is 8.49. The van der Waals surface area contributed by atoms with Gasteiger partial charge >= 0.3 is 0 Å². The van der Waals surface area contributed by atoms with Crippen molar-refractivity contribution in [2.45, 2.75) is 19.0 Å². The Morgan fingerprint density at radius 2 is 2.04 bits per heavy atom. The van der Waals surface area contributed by atoms with Crippen molar-refractivity contribution < 1.29 is 10.0 Å². The minimum absolute atomic E-state index is 0. The van der Waals surface area contributed by atoms with Crippen molar-refractivity contribution in [2.75, 3.05) is 25.0 Å². The van der Waals surface area contributed by atoms with Crippen LogP contribution in [-0.4, -0.2) is 47.2 Å². The van der Waals surface area contributed by atoms with E-state index in [9.17, 15) is 4.79 Å². The molecule has 1 atom stereocenters. The molecule has 28 heavy (non-hydrogen) atoms. The Hall–Kier alpha value is -2.12. The maximum atomic E-state index is 11.0. The number of anilines is 1. The van der Waals surface area contributed by atoms with Crippen LogP contribution < -0.4 is 10.4 Å². The molecule has 1 amide bonds. The number of pyridine rings is 1. The Morgan fingerprint density at radius 3 is 2.68 bits per heavy atom. The molecule has 2 aromatic rings. The van der Waals surface area contributed by atoms with Gasteiger partial charge in [0.15, 0.2) is 0 Å². The maximum Gasteiger partial charge on any atom is 0.267 e. The topological polar surface area (TPSA) is 68.7 Å². The molecule has 0 radical (unpaired) electrons. The van der Waals surface area contributed by atoms with Crippen molar-refractivity contribution in [2.24, 2.45) is 0 Å². The highest BCUT2D eigenvalue weighted by atomic mass is 35.5. The van der Waals surface area contributed by atoms with E-state index in [0.29, 0.717) is 6.04 Å². The van der Waals surface area contributed by atoms with Crippen molar-refractivity contribution >= 4 is 42.6 Å². The third kappa shape index (κ3) is 6.49. The van der Waals surface area contributed by atoms with Gasteiger partial charge in [-0.1, -0.05) is 30.3 Å². The number of nitrogens with one attached hydrogen (secondary N) is 1. The number of hydroxylamine groups is 1. The summed E-state index contributed by atoms with van der Waals surface area (Å²) < 4.78 is 0. The molecule has 8 heteroatoms. The number of halogens is 2. The molecule has 0 saturated carbocycles. The first kappa shape index (κ1) is 23.9. The van der Waals surface area contributed by atoms with Crippen LogP contribution in [0.5, 0.6) is 0 Å². The van der Waals surface area contributed by atoms with Crippen molar-refractivity contribution in [3.8, 4) is 0 Å². The first-order valence-electron chi connectivity index (χ1n) is 8.73. The highest BCUT2D eigenvalue weighted by Gasteiger charge is 2.26. The van der Waals surface area contributed by atoms with Gasteiger partial charge in [0.25, 0.3) is 5.91 Å². The van der Waals surface area contributed by atoms with Crippen LogP contribution in [0.1, 0.15) is 17.5 Å². The molecule has 1 saturated heterocycles. The van der Waals surface area contributed by atoms with Gasteiger partial charge in [0, 0.05) is 45.0 Å². The Labute approximate surface area is 178 Å². The number of hydrogen-bond acceptors (Lipinski definition) is 5. The number of amides is 1. The minimum atomic E-state index is -0.560. The van der Waals surface area contributed by atoms with Crippen molar-refractivity contribution in [1.82, 2.24) is 15.4 Å². The average Bonchev–Trinajstić information content (AvgIpc) is 3.15. The molecule has 2 heterocycles. The van der Waals surface area contributed by atoms with Gasteiger partial charge in [-0.3, -0.25) is 14.9 Å². The predicted octanol–water partition coefficient (Wildman–Crippen LogP) is 3.15. The number of likely N-dealkylation sites (tertiary alicyclic amines) is 1. The second-order valence-corrected chi connectivity index (χ2v) is 6.53. The summed E-state index contributed by atoms with van der Waals surface area (Å²) in [5.41, 5.74) is 3.72. The quantitative estimate of drug-likeness (QED) is 0.423. The van der Waals surface area contributed by atoms with E-state index in [1.54, 1.807) is 17.8 Å². The van der Waals surface area contributed by atoms with Crippen LogP contribution in [0.25, 0.3) is 6.08 Å². The third-order valence-corrected chi connectivity index (χ3v) is 4.71. The van der Waals surface area contributed by atoms with Crippen LogP contribution in [0.4, 0.5) is 5.82 Å². The normalized spacial score (nSPS) is 16.3. The zero-order valence-corrected chi connectivity index (χ0v) is 17.3. The first-order valence-corrected chi connectivity index (χ1v) is 8.73. The minimum Gasteiger partial charge on any atom is -0.355 e. The Kier molecular flexibility index (Phi) is 9.96. The lowest BCUT2D eigenvalue weighted by atomic mass is 10.2. The number of hydrogen-bond donors (Lipinski definition) is 2. The molecule has 1 aromatic carbocycles. The van der Waals surface area contributed by atoms with Crippen LogP contribution in [0, 0.1) is 0 Å². The van der Waals surface area contributed by atoms with Gasteiger partial charge in [-0.15, -0.1) is 24.8 Å². The Bertz CT molecular complexity index is 757. The van der Waals surface area contributed by atoms with Gasteiger partial charge < -0.3 is 4.90 Å². The molecule has 1 fully saturated rings. The second kappa shape index (κ2) is 11.7. The summed E-state index contributed by atoms with van der Waals surface area (Å²) in [6.07, 6.45) is 5.71. The molecule has 6 nitrogen and oxygen atoms in total. The van der Waals surface area contributed by atoms with Crippen LogP contribution in [0.3, 0.4) is 0 Å². The van der Waals surface area contributed by atoms with E-state index in [4.69, 9.17) is 5.21 Å². The number of nitrogens with zero attached hydrogens (tertiary/aromatic N) is 3. The smallest absolute Gasteiger partial charge is 0.267 e. The van der Waals surface area contributed by atoms with E-state index < -0.39 is 5.91 Å². The Balaban J connectivity index is 0.00000196. The molecule has 0 spiro atoms. The van der Waals surface area contributed by atoms with E-state index in [2.05, 4.69) is 46.1 Å². The first-order chi connectivity index (χ1) is 12.7. The van der Waals surface area contributed by atoms with E-state index in [1.165, 1.54) is 11.6 Å². The van der Waals surface area contributed by atoms with Crippen molar-refractivity contribution in [3.05, 3.63) is 65.9 Å². The number of carbonyl (C=O) groups is 1. The molecule has 1 unspecified atom stereocenters. The third-order valence-electron chi connectivity index (χ3n) is 4.71. The molecule has 152 valence electrons. The van der Waals surface area contributed by atoms with Gasteiger partial charge in [0.1, 0.15) is 5.82 Å². The summed E-state index contributed by atoms with van der Waals surface area (Å²) in [4.78, 5) is 20.2. The van der Waals surface area contributed by atoms with Gasteiger partial charge in [-0.05, 0) is 35.8 Å². The number of benzene rings is 1. The van der Waals surface area contributed by atoms with Crippen LogP contribution in [0.15, 0.2) is 54.7 Å². The summed E-state index contributed by atoms with van der Waals surface area (Å²) in [6.45, 7) is 3.08. The lowest BCUT2D eigenvalue weighted by Crippen LogP contribution is -2.34. The van der Waals surface area contributed by atoms with Crippen LogP contribution in [-0.2, 0) is 11.3 Å². The molecule has 0 aliphatic carbocycles. The summed E-state index contributed by atoms with van der Waals surface area (Å²) in [5.74, 6) is 0.357. The van der Waals surface area contributed by atoms with Gasteiger partial charge in [-0.25, -0.2) is 10.5 Å².